The van der Waals surface area contributed by atoms with Gasteiger partial charge in [-0.2, -0.15) is 0 Å². The minimum Gasteiger partial charge on any atom is -0.0812 e. The molecule has 0 nitrogen and oxygen atoms in total. The fraction of sp³-hybridized carbons (Fsp3) is 0.455. The maximum Gasteiger partial charge on any atom is 0.0249 e. The second-order valence-electron chi connectivity index (χ2n) is 2.56. The average molecular weight is 276 g/mol. The summed E-state index contributed by atoms with van der Waals surface area (Å²) >= 11 is 2.39. The molecule has 0 fully saturated rings. The van der Waals surface area contributed by atoms with E-state index in [1.54, 1.807) is 0 Å². The molecule has 1 rings (SSSR count). The molecule has 0 saturated carbocycles. The lowest BCUT2D eigenvalue weighted by atomic mass is 10.1. The van der Waals surface area contributed by atoms with Crippen LogP contribution in [0.5, 0.6) is 0 Å². The third kappa shape index (κ3) is 3.57. The second-order valence-corrected chi connectivity index (χ2v) is 3.33. The van der Waals surface area contributed by atoms with Crippen molar-refractivity contribution in [2.45, 2.75) is 32.1 Å². The summed E-state index contributed by atoms with van der Waals surface area (Å²) in [5.41, 5.74) is 4.21. The molecule has 12 heavy (non-hydrogen) atoms. The van der Waals surface area contributed by atoms with Crippen molar-refractivity contribution in [3.05, 3.63) is 34.9 Å². The summed E-state index contributed by atoms with van der Waals surface area (Å²) in [4.78, 5) is 0. The molecule has 0 aliphatic rings. The van der Waals surface area contributed by atoms with Crippen LogP contribution in [0, 0.1) is 13.8 Å². The molecule has 0 radical (unpaired) electrons. The second kappa shape index (κ2) is 6.46. The number of alkyl halides is 1. The maximum atomic E-state index is 2.39. The summed E-state index contributed by atoms with van der Waals surface area (Å²) in [6.45, 7) is 8.30. The zero-order valence-corrected chi connectivity index (χ0v) is 10.5. The van der Waals surface area contributed by atoms with E-state index in [1.807, 2.05) is 13.8 Å². The molecule has 0 heterocycles. The average Bonchev–Trinajstić information content (AvgIpc) is 2.08. The molecule has 0 saturated heterocycles. The Balaban J connectivity index is 0.000000561. The van der Waals surface area contributed by atoms with Crippen molar-refractivity contribution in [3.63, 3.8) is 0 Å². The van der Waals surface area contributed by atoms with Gasteiger partial charge in [0.05, 0.1) is 0 Å². The van der Waals surface area contributed by atoms with Crippen LogP contribution in [0.1, 0.15) is 30.5 Å². The van der Waals surface area contributed by atoms with Crippen molar-refractivity contribution in [1.29, 1.82) is 0 Å². The Morgan fingerprint density at radius 2 is 1.75 bits per heavy atom. The van der Waals surface area contributed by atoms with Gasteiger partial charge in [0, 0.05) is 4.43 Å². The van der Waals surface area contributed by atoms with Crippen LogP contribution in [-0.4, -0.2) is 0 Å². The highest BCUT2D eigenvalue weighted by Crippen LogP contribution is 2.13. The Labute approximate surface area is 89.5 Å². The third-order valence-corrected chi connectivity index (χ3v) is 2.46. The summed E-state index contributed by atoms with van der Waals surface area (Å²) in [7, 11) is 0. The van der Waals surface area contributed by atoms with Crippen LogP contribution >= 0.6 is 22.6 Å². The molecule has 0 aromatic heterocycles. The van der Waals surface area contributed by atoms with Gasteiger partial charge in [-0.3, -0.25) is 0 Å². The van der Waals surface area contributed by atoms with Crippen LogP contribution in [0.3, 0.4) is 0 Å². The van der Waals surface area contributed by atoms with E-state index < -0.39 is 0 Å². The predicted molar refractivity (Wildman–Crippen MR) is 65.0 cm³/mol. The first-order chi connectivity index (χ1) is 5.74. The van der Waals surface area contributed by atoms with Gasteiger partial charge in [-0.1, -0.05) is 60.2 Å². The number of rotatable bonds is 1. The summed E-state index contributed by atoms with van der Waals surface area (Å²) < 4.78 is 1.11. The number of benzene rings is 1. The Morgan fingerprint density at radius 3 is 2.17 bits per heavy atom. The fourth-order valence-corrected chi connectivity index (χ4v) is 1.85. The number of hydrogen-bond acceptors (Lipinski definition) is 0. The minimum atomic E-state index is 1.11. The van der Waals surface area contributed by atoms with Gasteiger partial charge in [-0.15, -0.1) is 0 Å². The van der Waals surface area contributed by atoms with Crippen LogP contribution in [0.4, 0.5) is 0 Å². The maximum absolute atomic E-state index is 2.39. The van der Waals surface area contributed by atoms with E-state index in [4.69, 9.17) is 0 Å². The van der Waals surface area contributed by atoms with Crippen LogP contribution in [0.15, 0.2) is 18.2 Å². The highest BCUT2D eigenvalue weighted by molar-refractivity contribution is 14.1. The predicted octanol–water partition coefficient (Wildman–Crippen LogP) is 4.26. The van der Waals surface area contributed by atoms with E-state index in [0.29, 0.717) is 0 Å². The van der Waals surface area contributed by atoms with Gasteiger partial charge in [0.25, 0.3) is 0 Å². The molecular weight excluding hydrogens is 259 g/mol. The Morgan fingerprint density at radius 1 is 1.17 bits per heavy atom. The van der Waals surface area contributed by atoms with Gasteiger partial charge >= 0.3 is 0 Å². The topological polar surface area (TPSA) is 0 Å². The Bertz CT molecular complexity index is 228. The molecule has 0 spiro atoms. The van der Waals surface area contributed by atoms with Crippen molar-refractivity contribution in [2.75, 3.05) is 0 Å². The van der Waals surface area contributed by atoms with Crippen molar-refractivity contribution in [2.24, 2.45) is 0 Å². The molecule has 68 valence electrons. The molecule has 0 unspecified atom stereocenters. The minimum absolute atomic E-state index is 1.11. The van der Waals surface area contributed by atoms with E-state index in [1.165, 1.54) is 16.7 Å². The molecule has 0 N–H and O–H groups in total. The largest absolute Gasteiger partial charge is 0.0812 e. The SMILES string of the molecule is CC.Cc1ccc(CI)c(C)c1. The molecule has 0 aliphatic heterocycles. The van der Waals surface area contributed by atoms with E-state index in [-0.39, 0.29) is 0 Å². The lowest BCUT2D eigenvalue weighted by Crippen LogP contribution is -1.84. The Kier molecular flexibility index (Phi) is 6.44. The van der Waals surface area contributed by atoms with Crippen LogP contribution < -0.4 is 0 Å². The zero-order valence-electron chi connectivity index (χ0n) is 8.32. The highest BCUT2D eigenvalue weighted by atomic mass is 127. The number of hydrogen-bond donors (Lipinski definition) is 0. The number of halogens is 1. The van der Waals surface area contributed by atoms with E-state index in [0.717, 1.165) is 4.43 Å². The van der Waals surface area contributed by atoms with Crippen molar-refractivity contribution in [1.82, 2.24) is 0 Å². The molecule has 0 aliphatic carbocycles. The lowest BCUT2D eigenvalue weighted by molar-refractivity contribution is 1.29. The molecule has 0 bridgehead atoms. The first-order valence-corrected chi connectivity index (χ1v) is 5.88. The summed E-state index contributed by atoms with van der Waals surface area (Å²) in [5.74, 6) is 0. The van der Waals surface area contributed by atoms with Gasteiger partial charge < -0.3 is 0 Å². The van der Waals surface area contributed by atoms with Crippen molar-refractivity contribution in [3.8, 4) is 0 Å². The highest BCUT2D eigenvalue weighted by Gasteiger charge is 1.94. The summed E-state index contributed by atoms with van der Waals surface area (Å²) in [6.07, 6.45) is 0. The van der Waals surface area contributed by atoms with E-state index in [9.17, 15) is 0 Å². The third-order valence-electron chi connectivity index (χ3n) is 1.64. The summed E-state index contributed by atoms with van der Waals surface area (Å²) in [6, 6.07) is 6.60. The standard InChI is InChI=1S/C9H11I.C2H6/c1-7-3-4-9(6-10)8(2)5-7;1-2/h3-5H,6H2,1-2H3;1-2H3. The summed E-state index contributed by atoms with van der Waals surface area (Å²) in [5, 5.41) is 0. The normalized spacial score (nSPS) is 8.75. The van der Waals surface area contributed by atoms with Crippen molar-refractivity contribution < 1.29 is 0 Å². The zero-order chi connectivity index (χ0) is 9.56. The van der Waals surface area contributed by atoms with Crippen LogP contribution in [0.25, 0.3) is 0 Å². The molecule has 0 atom stereocenters. The van der Waals surface area contributed by atoms with Gasteiger partial charge in [0.15, 0.2) is 0 Å². The van der Waals surface area contributed by atoms with Crippen molar-refractivity contribution >= 4 is 22.6 Å². The molecule has 1 aromatic rings. The Hall–Kier alpha value is -0.0500. The molecule has 1 heteroatoms. The molecular formula is C11H17I. The fourth-order valence-electron chi connectivity index (χ4n) is 0.996. The molecule has 0 amide bonds. The van der Waals surface area contributed by atoms with Gasteiger partial charge in [0.1, 0.15) is 0 Å². The quantitative estimate of drug-likeness (QED) is 0.531. The van der Waals surface area contributed by atoms with E-state index in [2.05, 4.69) is 54.6 Å². The van der Waals surface area contributed by atoms with Crippen LogP contribution in [-0.2, 0) is 4.43 Å². The van der Waals surface area contributed by atoms with Gasteiger partial charge in [-0.05, 0) is 25.0 Å². The lowest BCUT2D eigenvalue weighted by Gasteiger charge is -2.01. The van der Waals surface area contributed by atoms with Gasteiger partial charge in [-0.25, -0.2) is 0 Å². The first kappa shape index (κ1) is 11.9. The molecule has 1 aromatic carbocycles. The van der Waals surface area contributed by atoms with Crippen LogP contribution in [0.2, 0.25) is 0 Å². The van der Waals surface area contributed by atoms with Gasteiger partial charge in [0.2, 0.25) is 0 Å². The van der Waals surface area contributed by atoms with E-state index >= 15 is 0 Å². The monoisotopic (exact) mass is 276 g/mol. The number of aryl methyl sites for hydroxylation is 2. The first-order valence-electron chi connectivity index (χ1n) is 4.36. The smallest absolute Gasteiger partial charge is 0.0249 e.